The summed E-state index contributed by atoms with van der Waals surface area (Å²) < 4.78 is 12.6. The van der Waals surface area contributed by atoms with Crippen molar-refractivity contribution >= 4 is 29.3 Å². The minimum Gasteiger partial charge on any atom is -0.490 e. The predicted octanol–water partition coefficient (Wildman–Crippen LogP) is 3.35. The SMILES string of the molecule is COCCOc1cc2c(cc1Cl)-c1cc(=O)c(C(=O)O)cn1C(CSC)C2. The summed E-state index contributed by atoms with van der Waals surface area (Å²) in [4.78, 5) is 23.6. The fourth-order valence-corrected chi connectivity index (χ4v) is 4.14. The maximum atomic E-state index is 12.3. The largest absolute Gasteiger partial charge is 0.490 e. The summed E-state index contributed by atoms with van der Waals surface area (Å²) in [5.74, 6) is 0.147. The molecule has 2 aromatic rings. The average molecular weight is 410 g/mol. The van der Waals surface area contributed by atoms with Gasteiger partial charge in [-0.3, -0.25) is 4.79 Å². The number of carbonyl (C=O) groups is 1. The summed E-state index contributed by atoms with van der Waals surface area (Å²) in [5.41, 5.74) is 1.79. The van der Waals surface area contributed by atoms with Crippen LogP contribution in [0.5, 0.6) is 5.75 Å². The number of thioether (sulfide) groups is 1. The quantitative estimate of drug-likeness (QED) is 0.706. The van der Waals surface area contributed by atoms with E-state index >= 15 is 0 Å². The van der Waals surface area contributed by atoms with Crippen LogP contribution in [0.25, 0.3) is 11.3 Å². The fourth-order valence-electron chi connectivity index (χ4n) is 3.26. The molecular weight excluding hydrogens is 390 g/mol. The van der Waals surface area contributed by atoms with Crippen molar-refractivity contribution in [2.45, 2.75) is 12.5 Å². The Morgan fingerprint density at radius 1 is 1.37 bits per heavy atom. The predicted molar refractivity (Wildman–Crippen MR) is 107 cm³/mol. The minimum absolute atomic E-state index is 0.0363. The molecular formula is C19H20ClNO5S. The number of ether oxygens (including phenoxy) is 2. The third-order valence-corrected chi connectivity index (χ3v) is 5.51. The van der Waals surface area contributed by atoms with Crippen LogP contribution < -0.4 is 10.2 Å². The molecule has 144 valence electrons. The third-order valence-electron chi connectivity index (χ3n) is 4.50. The zero-order valence-electron chi connectivity index (χ0n) is 15.0. The number of aromatic nitrogens is 1. The number of aromatic carboxylic acids is 1. The highest BCUT2D eigenvalue weighted by atomic mass is 35.5. The Kier molecular flexibility index (Phi) is 6.14. The Hall–Kier alpha value is -1.96. The Labute approximate surface area is 166 Å². The maximum absolute atomic E-state index is 12.3. The molecule has 0 saturated carbocycles. The zero-order valence-corrected chi connectivity index (χ0v) is 16.6. The lowest BCUT2D eigenvalue weighted by Crippen LogP contribution is -2.26. The van der Waals surface area contributed by atoms with E-state index in [-0.39, 0.29) is 11.6 Å². The highest BCUT2D eigenvalue weighted by Gasteiger charge is 2.27. The molecule has 1 N–H and O–H groups in total. The van der Waals surface area contributed by atoms with Crippen LogP contribution in [0.1, 0.15) is 22.0 Å². The first-order valence-corrected chi connectivity index (χ1v) is 10.2. The van der Waals surface area contributed by atoms with Gasteiger partial charge in [0.05, 0.1) is 17.3 Å². The van der Waals surface area contributed by atoms with E-state index in [0.717, 1.165) is 16.9 Å². The second-order valence-corrected chi connectivity index (χ2v) is 7.56. The Bertz CT molecular complexity index is 927. The van der Waals surface area contributed by atoms with E-state index in [1.54, 1.807) is 24.9 Å². The molecule has 1 aromatic carbocycles. The number of nitrogens with zero attached hydrogens (tertiary/aromatic N) is 1. The van der Waals surface area contributed by atoms with Crippen LogP contribution >= 0.6 is 23.4 Å². The highest BCUT2D eigenvalue weighted by molar-refractivity contribution is 7.98. The first-order chi connectivity index (χ1) is 13.0. The van der Waals surface area contributed by atoms with E-state index in [2.05, 4.69) is 0 Å². The highest BCUT2D eigenvalue weighted by Crippen LogP contribution is 2.40. The second kappa shape index (κ2) is 8.37. The summed E-state index contributed by atoms with van der Waals surface area (Å²) in [7, 11) is 1.60. The van der Waals surface area contributed by atoms with Crippen molar-refractivity contribution in [3.63, 3.8) is 0 Å². The summed E-state index contributed by atoms with van der Waals surface area (Å²) in [6, 6.07) is 5.10. The molecule has 1 aromatic heterocycles. The van der Waals surface area contributed by atoms with Crippen LogP contribution in [0.4, 0.5) is 0 Å². The molecule has 6 nitrogen and oxygen atoms in total. The monoisotopic (exact) mass is 409 g/mol. The molecule has 1 unspecified atom stereocenters. The van der Waals surface area contributed by atoms with Crippen LogP contribution in [0.2, 0.25) is 5.02 Å². The molecule has 1 aliphatic heterocycles. The van der Waals surface area contributed by atoms with Gasteiger partial charge in [0.2, 0.25) is 0 Å². The smallest absolute Gasteiger partial charge is 0.341 e. The second-order valence-electron chi connectivity index (χ2n) is 6.24. The van der Waals surface area contributed by atoms with Crippen molar-refractivity contribution in [1.82, 2.24) is 4.57 Å². The van der Waals surface area contributed by atoms with Gasteiger partial charge in [0.15, 0.2) is 5.43 Å². The number of pyridine rings is 1. The molecule has 0 amide bonds. The lowest BCUT2D eigenvalue weighted by Gasteiger charge is -2.31. The van der Waals surface area contributed by atoms with Gasteiger partial charge in [-0.2, -0.15) is 11.8 Å². The van der Waals surface area contributed by atoms with E-state index in [0.29, 0.717) is 36.1 Å². The lowest BCUT2D eigenvalue weighted by molar-refractivity contribution is 0.0694. The molecule has 0 aliphatic carbocycles. The molecule has 0 saturated heterocycles. The number of hydrogen-bond donors (Lipinski definition) is 1. The normalized spacial score (nSPS) is 15.1. The van der Waals surface area contributed by atoms with E-state index in [9.17, 15) is 14.7 Å². The Morgan fingerprint density at radius 2 is 2.15 bits per heavy atom. The fraction of sp³-hybridized carbons (Fsp3) is 0.368. The summed E-state index contributed by atoms with van der Waals surface area (Å²) in [6.45, 7) is 0.847. The average Bonchev–Trinajstić information content (AvgIpc) is 2.62. The van der Waals surface area contributed by atoms with E-state index < -0.39 is 11.4 Å². The number of methoxy groups -OCH3 is 1. The van der Waals surface area contributed by atoms with Crippen molar-refractivity contribution in [3.05, 3.63) is 50.8 Å². The standard InChI is InChI=1S/C19H20ClNO5S/c1-25-3-4-26-18-6-11-5-12(10-27-2)21-9-14(19(23)24)17(22)8-16(21)13(11)7-15(18)20/h6-9,12H,3-5,10H2,1-2H3,(H,23,24). The van der Waals surface area contributed by atoms with Crippen molar-refractivity contribution in [1.29, 1.82) is 0 Å². The van der Waals surface area contributed by atoms with E-state index in [1.807, 2.05) is 16.9 Å². The van der Waals surface area contributed by atoms with Crippen LogP contribution in [0.3, 0.4) is 0 Å². The van der Waals surface area contributed by atoms with Crippen molar-refractivity contribution in [2.75, 3.05) is 32.3 Å². The Morgan fingerprint density at radius 3 is 2.81 bits per heavy atom. The van der Waals surface area contributed by atoms with Gasteiger partial charge in [-0.25, -0.2) is 4.79 Å². The summed E-state index contributed by atoms with van der Waals surface area (Å²) in [5, 5.41) is 9.73. The number of hydrogen-bond acceptors (Lipinski definition) is 5. The molecule has 0 fully saturated rings. The van der Waals surface area contributed by atoms with Gasteiger partial charge in [-0.15, -0.1) is 0 Å². The van der Waals surface area contributed by atoms with Crippen molar-refractivity contribution in [3.8, 4) is 17.0 Å². The van der Waals surface area contributed by atoms with Crippen LogP contribution in [-0.2, 0) is 11.2 Å². The van der Waals surface area contributed by atoms with E-state index in [4.69, 9.17) is 21.1 Å². The van der Waals surface area contributed by atoms with Crippen molar-refractivity contribution < 1.29 is 19.4 Å². The van der Waals surface area contributed by atoms with E-state index in [1.165, 1.54) is 12.3 Å². The first kappa shape index (κ1) is 19.8. The molecule has 3 rings (SSSR count). The van der Waals surface area contributed by atoms with Gasteiger partial charge in [-0.1, -0.05) is 11.6 Å². The molecule has 0 bridgehead atoms. The number of carboxylic acids is 1. The summed E-state index contributed by atoms with van der Waals surface area (Å²) >= 11 is 8.04. The number of fused-ring (bicyclic) bond motifs is 3. The number of carboxylic acid groups (broad SMARTS) is 1. The third kappa shape index (κ3) is 4.00. The topological polar surface area (TPSA) is 77.8 Å². The number of benzene rings is 1. The van der Waals surface area contributed by atoms with Gasteiger partial charge < -0.3 is 19.1 Å². The number of rotatable bonds is 7. The zero-order chi connectivity index (χ0) is 19.6. The molecule has 1 atom stereocenters. The molecule has 0 spiro atoms. The van der Waals surface area contributed by atoms with Gasteiger partial charge in [-0.05, 0) is 30.4 Å². The van der Waals surface area contributed by atoms with Gasteiger partial charge in [0.1, 0.15) is 17.9 Å². The van der Waals surface area contributed by atoms with Crippen LogP contribution in [-0.4, -0.2) is 48.0 Å². The van der Waals surface area contributed by atoms with Crippen LogP contribution in [0, 0.1) is 0 Å². The molecule has 2 heterocycles. The molecule has 0 radical (unpaired) electrons. The summed E-state index contributed by atoms with van der Waals surface area (Å²) in [6.07, 6.45) is 4.14. The Balaban J connectivity index is 2.11. The molecule has 1 aliphatic rings. The molecule has 8 heteroatoms. The maximum Gasteiger partial charge on any atom is 0.341 e. The van der Waals surface area contributed by atoms with Gasteiger partial charge in [0, 0.05) is 36.7 Å². The number of halogens is 1. The van der Waals surface area contributed by atoms with Crippen LogP contribution in [0.15, 0.2) is 29.2 Å². The first-order valence-electron chi connectivity index (χ1n) is 8.39. The van der Waals surface area contributed by atoms with Gasteiger partial charge >= 0.3 is 5.97 Å². The molecule has 27 heavy (non-hydrogen) atoms. The van der Waals surface area contributed by atoms with Crippen molar-refractivity contribution in [2.24, 2.45) is 0 Å². The minimum atomic E-state index is -1.22. The van der Waals surface area contributed by atoms with Gasteiger partial charge in [0.25, 0.3) is 0 Å². The lowest BCUT2D eigenvalue weighted by atomic mass is 9.92.